The lowest BCUT2D eigenvalue weighted by molar-refractivity contribution is -0.139. The maximum atomic E-state index is 14.0. The first kappa shape index (κ1) is 29.8. The number of nitrogens with zero attached hydrogens (tertiary/aromatic N) is 2. The van der Waals surface area contributed by atoms with Gasteiger partial charge in [-0.1, -0.05) is 77.6 Å². The summed E-state index contributed by atoms with van der Waals surface area (Å²) in [5.74, 6) is 0.722. The number of carbonyl (C=O) groups excluding carboxylic acids is 1. The van der Waals surface area contributed by atoms with E-state index in [0.29, 0.717) is 45.1 Å². The van der Waals surface area contributed by atoms with E-state index in [1.807, 2.05) is 85.8 Å². The number of thiazole rings is 1. The molecular weight excluding hydrogens is 560 g/mol. The molecule has 43 heavy (non-hydrogen) atoms. The van der Waals surface area contributed by atoms with Crippen molar-refractivity contribution in [3.8, 4) is 11.5 Å². The number of fused-ring (bicyclic) bond motifs is 1. The number of allylic oxidation sites excluding steroid dienone is 2. The Hall–Kier alpha value is -4.69. The zero-order valence-electron chi connectivity index (χ0n) is 24.8. The summed E-state index contributed by atoms with van der Waals surface area (Å²) in [6.45, 7) is 10.1. The first-order chi connectivity index (χ1) is 20.8. The largest absolute Gasteiger partial charge is 0.493 e. The molecular formula is C35H34N2O5S. The van der Waals surface area contributed by atoms with Crippen molar-refractivity contribution >= 4 is 23.4 Å². The molecule has 1 aromatic heterocycles. The molecule has 2 heterocycles. The topological polar surface area (TPSA) is 79.1 Å². The normalized spacial score (nSPS) is 14.6. The number of aromatic nitrogens is 1. The lowest BCUT2D eigenvalue weighted by atomic mass is 9.95. The van der Waals surface area contributed by atoms with E-state index < -0.39 is 12.0 Å². The predicted octanol–water partition coefficient (Wildman–Crippen LogP) is 5.42. The molecule has 4 aromatic rings. The number of carbonyl (C=O) groups is 1. The highest BCUT2D eigenvalue weighted by Gasteiger charge is 2.33. The number of aryl methyl sites for hydroxylation is 1. The van der Waals surface area contributed by atoms with Gasteiger partial charge < -0.3 is 14.2 Å². The van der Waals surface area contributed by atoms with Crippen molar-refractivity contribution in [1.82, 2.24) is 4.57 Å². The number of hydrogen-bond donors (Lipinski definition) is 0. The number of methoxy groups -OCH3 is 1. The Morgan fingerprint density at radius 3 is 2.51 bits per heavy atom. The van der Waals surface area contributed by atoms with Crippen LogP contribution in [-0.2, 0) is 22.6 Å². The Balaban J connectivity index is 1.62. The average Bonchev–Trinajstić information content (AvgIpc) is 3.30. The third-order valence-electron chi connectivity index (χ3n) is 7.17. The van der Waals surface area contributed by atoms with Crippen molar-refractivity contribution in [3.05, 3.63) is 138 Å². The van der Waals surface area contributed by atoms with Gasteiger partial charge in [0.15, 0.2) is 16.3 Å². The van der Waals surface area contributed by atoms with E-state index in [4.69, 9.17) is 14.2 Å². The highest BCUT2D eigenvalue weighted by molar-refractivity contribution is 7.07. The molecule has 220 valence electrons. The molecule has 7 nitrogen and oxygen atoms in total. The van der Waals surface area contributed by atoms with Gasteiger partial charge in [-0.15, -0.1) is 6.58 Å². The molecule has 0 bridgehead atoms. The van der Waals surface area contributed by atoms with Crippen molar-refractivity contribution in [3.63, 3.8) is 0 Å². The van der Waals surface area contributed by atoms with Crippen LogP contribution in [-0.4, -0.2) is 24.3 Å². The highest BCUT2D eigenvalue weighted by Crippen LogP contribution is 2.35. The van der Waals surface area contributed by atoms with Crippen LogP contribution < -0.4 is 24.4 Å². The lowest BCUT2D eigenvalue weighted by Crippen LogP contribution is -2.39. The Morgan fingerprint density at radius 1 is 1.09 bits per heavy atom. The van der Waals surface area contributed by atoms with Gasteiger partial charge in [-0.3, -0.25) is 9.36 Å². The SMILES string of the molecule is C=CCc1cc(/C=c2/sc3n(c2=O)[C@@H](c2ccc(C)cc2)C(C(=O)OCC)=C(C)N=3)cc(OC)c1OCc1ccccc1. The number of ether oxygens (including phenoxy) is 3. The van der Waals surface area contributed by atoms with Crippen molar-refractivity contribution in [1.29, 1.82) is 0 Å². The molecule has 0 amide bonds. The second-order valence-electron chi connectivity index (χ2n) is 10.2. The summed E-state index contributed by atoms with van der Waals surface area (Å²) in [4.78, 5) is 32.4. The van der Waals surface area contributed by atoms with Crippen molar-refractivity contribution in [2.24, 2.45) is 4.99 Å². The third-order valence-corrected chi connectivity index (χ3v) is 8.16. The minimum atomic E-state index is -0.655. The van der Waals surface area contributed by atoms with Crippen LogP contribution in [0.25, 0.3) is 6.08 Å². The van der Waals surface area contributed by atoms with Crippen LogP contribution in [0.1, 0.15) is 47.7 Å². The quantitative estimate of drug-likeness (QED) is 0.181. The fraction of sp³-hybridized carbons (Fsp3) is 0.229. The molecule has 0 aliphatic carbocycles. The van der Waals surface area contributed by atoms with Gasteiger partial charge in [-0.25, -0.2) is 9.79 Å². The van der Waals surface area contributed by atoms with Gasteiger partial charge in [0, 0.05) is 5.56 Å². The fourth-order valence-electron chi connectivity index (χ4n) is 5.13. The van der Waals surface area contributed by atoms with E-state index in [2.05, 4.69) is 11.6 Å². The molecule has 0 spiro atoms. The molecule has 0 unspecified atom stereocenters. The maximum Gasteiger partial charge on any atom is 0.338 e. The van der Waals surface area contributed by atoms with E-state index in [9.17, 15) is 9.59 Å². The van der Waals surface area contributed by atoms with Crippen molar-refractivity contribution in [2.75, 3.05) is 13.7 Å². The van der Waals surface area contributed by atoms with Gasteiger partial charge >= 0.3 is 5.97 Å². The molecule has 1 atom stereocenters. The Morgan fingerprint density at radius 2 is 1.84 bits per heavy atom. The van der Waals surface area contributed by atoms with Crippen LogP contribution in [0.2, 0.25) is 0 Å². The maximum absolute atomic E-state index is 14.0. The first-order valence-corrected chi connectivity index (χ1v) is 14.9. The monoisotopic (exact) mass is 594 g/mol. The average molecular weight is 595 g/mol. The van der Waals surface area contributed by atoms with Crippen LogP contribution >= 0.6 is 11.3 Å². The summed E-state index contributed by atoms with van der Waals surface area (Å²) in [5, 5.41) is 0. The van der Waals surface area contributed by atoms with Gasteiger partial charge in [-0.2, -0.15) is 0 Å². The predicted molar refractivity (Wildman–Crippen MR) is 169 cm³/mol. The standard InChI is InChI=1S/C35H34N2O5S/c1-6-11-27-18-25(19-28(40-5)32(27)42-21-24-12-9-8-10-13-24)20-29-33(38)37-31(26-16-14-22(3)15-17-26)30(34(39)41-7-2)23(4)36-35(37)43-29/h6,8-10,12-20,31H,1,7,11,21H2,2-5H3/b29-20+/t31-/m0/s1. The minimum absolute atomic E-state index is 0.223. The summed E-state index contributed by atoms with van der Waals surface area (Å²) >= 11 is 1.28. The van der Waals surface area contributed by atoms with Gasteiger partial charge in [0.1, 0.15) is 6.61 Å². The second kappa shape index (κ2) is 13.1. The molecule has 5 rings (SSSR count). The first-order valence-electron chi connectivity index (χ1n) is 14.1. The minimum Gasteiger partial charge on any atom is -0.493 e. The number of esters is 1. The van der Waals surface area contributed by atoms with E-state index in [0.717, 1.165) is 27.8 Å². The molecule has 0 saturated carbocycles. The molecule has 0 saturated heterocycles. The van der Waals surface area contributed by atoms with Crippen LogP contribution in [0.3, 0.4) is 0 Å². The van der Waals surface area contributed by atoms with Gasteiger partial charge in [-0.05, 0) is 62.1 Å². The van der Waals surface area contributed by atoms with E-state index in [1.165, 1.54) is 11.3 Å². The Bertz CT molecular complexity index is 1870. The van der Waals surface area contributed by atoms with E-state index >= 15 is 0 Å². The van der Waals surface area contributed by atoms with Gasteiger partial charge in [0.05, 0.1) is 35.6 Å². The number of benzene rings is 3. The zero-order chi connectivity index (χ0) is 30.5. The summed E-state index contributed by atoms with van der Waals surface area (Å²) < 4.78 is 19.4. The van der Waals surface area contributed by atoms with Gasteiger partial charge in [0.25, 0.3) is 5.56 Å². The summed E-state index contributed by atoms with van der Waals surface area (Å²) in [7, 11) is 1.60. The van der Waals surface area contributed by atoms with Crippen LogP contribution in [0.15, 0.2) is 100 Å². The van der Waals surface area contributed by atoms with Crippen LogP contribution in [0, 0.1) is 6.92 Å². The van der Waals surface area contributed by atoms with Crippen LogP contribution in [0.5, 0.6) is 11.5 Å². The lowest BCUT2D eigenvalue weighted by Gasteiger charge is -2.24. The molecule has 0 radical (unpaired) electrons. The molecule has 1 aliphatic heterocycles. The summed E-state index contributed by atoms with van der Waals surface area (Å²) in [6, 6.07) is 20.9. The molecule has 1 aliphatic rings. The number of rotatable bonds is 10. The Kier molecular flexibility index (Phi) is 9.07. The van der Waals surface area contributed by atoms with Crippen LogP contribution in [0.4, 0.5) is 0 Å². The summed E-state index contributed by atoms with van der Waals surface area (Å²) in [5.41, 5.74) is 5.25. The zero-order valence-corrected chi connectivity index (χ0v) is 25.6. The van der Waals surface area contributed by atoms with Crippen molar-refractivity contribution < 1.29 is 19.0 Å². The fourth-order valence-corrected chi connectivity index (χ4v) is 6.17. The summed E-state index contributed by atoms with van der Waals surface area (Å²) in [6.07, 6.45) is 4.19. The smallest absolute Gasteiger partial charge is 0.338 e. The highest BCUT2D eigenvalue weighted by atomic mass is 32.1. The third kappa shape index (κ3) is 6.24. The molecule has 3 aromatic carbocycles. The van der Waals surface area contributed by atoms with E-state index in [1.54, 1.807) is 25.5 Å². The molecule has 0 fully saturated rings. The number of hydrogen-bond acceptors (Lipinski definition) is 7. The van der Waals surface area contributed by atoms with Crippen molar-refractivity contribution in [2.45, 2.75) is 39.8 Å². The molecule has 8 heteroatoms. The van der Waals surface area contributed by atoms with E-state index in [-0.39, 0.29) is 12.2 Å². The second-order valence-corrected chi connectivity index (χ2v) is 11.2. The Labute approximate surface area is 254 Å². The molecule has 0 N–H and O–H groups in total. The van der Waals surface area contributed by atoms with Gasteiger partial charge in [0.2, 0.25) is 0 Å².